The molecule has 13 heavy (non-hydrogen) atoms. The Hall–Kier alpha value is -0.350. The molecular formula is C6H10ClN3O2S. The summed E-state index contributed by atoms with van der Waals surface area (Å²) >= 11 is 0. The van der Waals surface area contributed by atoms with Crippen LogP contribution >= 0.6 is 10.7 Å². The Morgan fingerprint density at radius 2 is 1.85 bits per heavy atom. The summed E-state index contributed by atoms with van der Waals surface area (Å²) in [6.45, 7) is 2.22. The Balaban J connectivity index is 2.45. The molecule has 0 N–H and O–H groups in total. The molecule has 1 aliphatic heterocycles. The van der Waals surface area contributed by atoms with Crippen molar-refractivity contribution in [3.8, 4) is 6.07 Å². The molecule has 74 valence electrons. The highest BCUT2D eigenvalue weighted by molar-refractivity contribution is 8.11. The molecule has 0 aliphatic carbocycles. The van der Waals surface area contributed by atoms with E-state index in [9.17, 15) is 8.42 Å². The van der Waals surface area contributed by atoms with Gasteiger partial charge in [0, 0.05) is 36.9 Å². The fourth-order valence-electron chi connectivity index (χ4n) is 1.21. The van der Waals surface area contributed by atoms with E-state index in [2.05, 4.69) is 0 Å². The number of hydrogen-bond donors (Lipinski definition) is 0. The van der Waals surface area contributed by atoms with Crippen LogP contribution in [0.4, 0.5) is 0 Å². The highest BCUT2D eigenvalue weighted by Crippen LogP contribution is 2.09. The van der Waals surface area contributed by atoms with E-state index in [4.69, 9.17) is 15.9 Å². The van der Waals surface area contributed by atoms with Crippen molar-refractivity contribution >= 4 is 19.9 Å². The van der Waals surface area contributed by atoms with Crippen molar-refractivity contribution in [3.05, 3.63) is 0 Å². The minimum Gasteiger partial charge on any atom is -0.288 e. The van der Waals surface area contributed by atoms with E-state index in [0.717, 1.165) is 0 Å². The SMILES string of the molecule is N#CCN1CCN(S(=O)(=O)Cl)CC1. The summed E-state index contributed by atoms with van der Waals surface area (Å²) in [5.74, 6) is 0. The number of halogens is 1. The summed E-state index contributed by atoms with van der Waals surface area (Å²) in [4.78, 5) is 1.89. The molecular weight excluding hydrogens is 214 g/mol. The van der Waals surface area contributed by atoms with Crippen molar-refractivity contribution in [3.63, 3.8) is 0 Å². The lowest BCUT2D eigenvalue weighted by atomic mass is 10.4. The smallest absolute Gasteiger partial charge is 0.288 e. The van der Waals surface area contributed by atoms with Crippen LogP contribution in [0.15, 0.2) is 0 Å². The van der Waals surface area contributed by atoms with Gasteiger partial charge in [0.15, 0.2) is 0 Å². The van der Waals surface area contributed by atoms with E-state index in [0.29, 0.717) is 32.7 Å². The van der Waals surface area contributed by atoms with Gasteiger partial charge < -0.3 is 0 Å². The van der Waals surface area contributed by atoms with Crippen molar-refractivity contribution in [1.82, 2.24) is 9.21 Å². The van der Waals surface area contributed by atoms with E-state index >= 15 is 0 Å². The molecule has 0 aromatic rings. The quantitative estimate of drug-likeness (QED) is 0.473. The molecule has 1 saturated heterocycles. The normalized spacial score (nSPS) is 21.2. The summed E-state index contributed by atoms with van der Waals surface area (Å²) in [7, 11) is 1.58. The zero-order chi connectivity index (χ0) is 9.90. The van der Waals surface area contributed by atoms with E-state index in [1.165, 1.54) is 4.31 Å². The van der Waals surface area contributed by atoms with Crippen LogP contribution in [-0.4, -0.2) is 50.3 Å². The van der Waals surface area contributed by atoms with Gasteiger partial charge in [0.25, 0.3) is 9.24 Å². The Morgan fingerprint density at radius 3 is 2.23 bits per heavy atom. The number of nitrogens with zero attached hydrogens (tertiary/aromatic N) is 3. The topological polar surface area (TPSA) is 64.4 Å². The average Bonchev–Trinajstić information content (AvgIpc) is 2.04. The molecule has 0 amide bonds. The Labute approximate surface area is 82.0 Å². The van der Waals surface area contributed by atoms with Gasteiger partial charge in [-0.2, -0.15) is 18.0 Å². The molecule has 5 nitrogen and oxygen atoms in total. The molecule has 0 radical (unpaired) electrons. The fraction of sp³-hybridized carbons (Fsp3) is 0.833. The zero-order valence-electron chi connectivity index (χ0n) is 6.98. The van der Waals surface area contributed by atoms with Gasteiger partial charge in [-0.05, 0) is 0 Å². The van der Waals surface area contributed by atoms with Crippen LogP contribution in [0.3, 0.4) is 0 Å². The van der Waals surface area contributed by atoms with E-state index < -0.39 is 9.24 Å². The third-order valence-electron chi connectivity index (χ3n) is 1.93. The Morgan fingerprint density at radius 1 is 1.31 bits per heavy atom. The van der Waals surface area contributed by atoms with E-state index in [1.807, 2.05) is 11.0 Å². The third kappa shape index (κ3) is 3.12. The van der Waals surface area contributed by atoms with Gasteiger partial charge >= 0.3 is 0 Å². The van der Waals surface area contributed by atoms with Gasteiger partial charge in [-0.1, -0.05) is 0 Å². The summed E-state index contributed by atoms with van der Waals surface area (Å²) in [6.07, 6.45) is 0. The van der Waals surface area contributed by atoms with Crippen LogP contribution in [0.25, 0.3) is 0 Å². The highest BCUT2D eigenvalue weighted by atomic mass is 35.7. The van der Waals surface area contributed by atoms with Crippen molar-refractivity contribution in [2.75, 3.05) is 32.7 Å². The second-order valence-corrected chi connectivity index (χ2v) is 5.29. The zero-order valence-corrected chi connectivity index (χ0v) is 8.55. The maximum absolute atomic E-state index is 10.9. The maximum atomic E-state index is 10.9. The predicted octanol–water partition coefficient (Wildman–Crippen LogP) is -0.389. The Kier molecular flexibility index (Phi) is 3.50. The van der Waals surface area contributed by atoms with Crippen LogP contribution in [-0.2, 0) is 9.24 Å². The highest BCUT2D eigenvalue weighted by Gasteiger charge is 2.24. The first-order valence-corrected chi connectivity index (χ1v) is 6.09. The average molecular weight is 224 g/mol. The van der Waals surface area contributed by atoms with E-state index in [-0.39, 0.29) is 0 Å². The van der Waals surface area contributed by atoms with Crippen molar-refractivity contribution in [2.45, 2.75) is 0 Å². The lowest BCUT2D eigenvalue weighted by Gasteiger charge is -2.30. The van der Waals surface area contributed by atoms with Gasteiger partial charge in [0.1, 0.15) is 0 Å². The minimum atomic E-state index is -3.57. The summed E-state index contributed by atoms with van der Waals surface area (Å²) in [5, 5.41) is 8.39. The van der Waals surface area contributed by atoms with Gasteiger partial charge in [0.05, 0.1) is 12.6 Å². The van der Waals surface area contributed by atoms with Gasteiger partial charge in [-0.3, -0.25) is 4.90 Å². The van der Waals surface area contributed by atoms with Crippen LogP contribution < -0.4 is 0 Å². The molecule has 1 fully saturated rings. The number of piperazine rings is 1. The molecule has 1 heterocycles. The maximum Gasteiger partial charge on any atom is 0.299 e. The molecule has 7 heteroatoms. The van der Waals surface area contributed by atoms with Crippen LogP contribution in [0.5, 0.6) is 0 Å². The summed E-state index contributed by atoms with van der Waals surface area (Å²) < 4.78 is 22.9. The number of hydrogen-bond acceptors (Lipinski definition) is 4. The second-order valence-electron chi connectivity index (χ2n) is 2.78. The predicted molar refractivity (Wildman–Crippen MR) is 48.4 cm³/mol. The molecule has 0 atom stereocenters. The minimum absolute atomic E-state index is 0.343. The van der Waals surface area contributed by atoms with E-state index in [1.54, 1.807) is 0 Å². The summed E-state index contributed by atoms with van der Waals surface area (Å²) in [5.41, 5.74) is 0. The molecule has 0 unspecified atom stereocenters. The Bertz CT molecular complexity index is 302. The van der Waals surface area contributed by atoms with Crippen molar-refractivity contribution in [2.24, 2.45) is 0 Å². The molecule has 1 rings (SSSR count). The largest absolute Gasteiger partial charge is 0.299 e. The number of nitriles is 1. The standard InChI is InChI=1S/C6H10ClN3O2S/c7-13(11,12)10-5-3-9(2-1-8)4-6-10/h2-6H2. The van der Waals surface area contributed by atoms with Crippen LogP contribution in [0.2, 0.25) is 0 Å². The first kappa shape index (κ1) is 10.7. The lowest BCUT2D eigenvalue weighted by Crippen LogP contribution is -2.47. The van der Waals surface area contributed by atoms with Crippen molar-refractivity contribution < 1.29 is 8.42 Å². The molecule has 1 aliphatic rings. The van der Waals surface area contributed by atoms with Gasteiger partial charge in [0.2, 0.25) is 0 Å². The van der Waals surface area contributed by atoms with Crippen molar-refractivity contribution in [1.29, 1.82) is 5.26 Å². The molecule has 0 bridgehead atoms. The monoisotopic (exact) mass is 223 g/mol. The van der Waals surface area contributed by atoms with Gasteiger partial charge in [-0.25, -0.2) is 0 Å². The molecule has 0 aromatic heterocycles. The number of rotatable bonds is 2. The summed E-state index contributed by atoms with van der Waals surface area (Å²) in [6, 6.07) is 2.02. The molecule has 0 aromatic carbocycles. The fourth-order valence-corrected chi connectivity index (χ4v) is 2.22. The second kappa shape index (κ2) is 4.24. The molecule has 0 spiro atoms. The van der Waals surface area contributed by atoms with Crippen LogP contribution in [0, 0.1) is 11.3 Å². The third-order valence-corrected chi connectivity index (χ3v) is 3.50. The lowest BCUT2D eigenvalue weighted by molar-refractivity contribution is 0.208. The molecule has 0 saturated carbocycles. The first-order valence-electron chi connectivity index (χ1n) is 3.83. The van der Waals surface area contributed by atoms with Gasteiger partial charge in [-0.15, -0.1) is 0 Å². The van der Waals surface area contributed by atoms with Crippen LogP contribution in [0.1, 0.15) is 0 Å². The first-order chi connectivity index (χ1) is 6.04.